The molecule has 1 heteroatoms. The predicted octanol–water partition coefficient (Wildman–Crippen LogP) is 2.44. The molecule has 1 nitrogen and oxygen atoms in total. The van der Waals surface area contributed by atoms with Crippen LogP contribution in [-0.4, -0.2) is 11.7 Å². The van der Waals surface area contributed by atoms with Crippen LogP contribution in [0, 0.1) is 0 Å². The topological polar surface area (TPSA) is 20.2 Å². The molecule has 0 aliphatic heterocycles. The van der Waals surface area contributed by atoms with Crippen LogP contribution in [0.5, 0.6) is 0 Å². The number of hydrogen-bond acceptors (Lipinski definition) is 1. The maximum atomic E-state index is 8.72. The van der Waals surface area contributed by atoms with Crippen molar-refractivity contribution in [3.63, 3.8) is 0 Å². The number of hydrogen-bond donors (Lipinski definition) is 1. The fourth-order valence-electron chi connectivity index (χ4n) is 0.794. The highest BCUT2D eigenvalue weighted by Crippen LogP contribution is 2.09. The fraction of sp³-hybridized carbons (Fsp3) is 0.500. The summed E-state index contributed by atoms with van der Waals surface area (Å²) in [5.41, 5.74) is 6.09. The summed E-state index contributed by atoms with van der Waals surface area (Å²) in [7, 11) is 0. The van der Waals surface area contributed by atoms with Gasteiger partial charge in [-0.3, -0.25) is 0 Å². The van der Waals surface area contributed by atoms with E-state index in [4.69, 9.17) is 5.11 Å². The van der Waals surface area contributed by atoms with Gasteiger partial charge in [0.25, 0.3) is 0 Å². The largest absolute Gasteiger partial charge is 0.391 e. The van der Waals surface area contributed by atoms with Crippen LogP contribution < -0.4 is 0 Å². The van der Waals surface area contributed by atoms with Crippen LogP contribution in [-0.2, 0) is 0 Å². The zero-order chi connectivity index (χ0) is 8.85. The Morgan fingerprint density at radius 1 is 1.45 bits per heavy atom. The van der Waals surface area contributed by atoms with Gasteiger partial charge in [-0.05, 0) is 37.0 Å². The average molecular weight is 152 g/mol. The van der Waals surface area contributed by atoms with Gasteiger partial charge < -0.3 is 5.11 Å². The SMILES string of the molecule is C=C(C)C(=C=C(C)CO)CC. The molecule has 0 unspecified atom stereocenters. The Labute approximate surface area is 68.7 Å². The van der Waals surface area contributed by atoms with Crippen molar-refractivity contribution in [1.82, 2.24) is 0 Å². The molecule has 0 spiro atoms. The summed E-state index contributed by atoms with van der Waals surface area (Å²) >= 11 is 0. The van der Waals surface area contributed by atoms with Crippen LogP contribution in [0.2, 0.25) is 0 Å². The van der Waals surface area contributed by atoms with Crippen LogP contribution in [0.3, 0.4) is 0 Å². The molecule has 1 N–H and O–H groups in total. The van der Waals surface area contributed by atoms with Crippen molar-refractivity contribution >= 4 is 0 Å². The molecule has 11 heavy (non-hydrogen) atoms. The molecule has 0 rings (SSSR count). The van der Waals surface area contributed by atoms with Gasteiger partial charge in [-0.15, -0.1) is 5.73 Å². The van der Waals surface area contributed by atoms with Gasteiger partial charge in [-0.1, -0.05) is 13.5 Å². The molecule has 0 aromatic carbocycles. The first-order chi connectivity index (χ1) is 5.11. The van der Waals surface area contributed by atoms with Gasteiger partial charge >= 0.3 is 0 Å². The molecule has 0 atom stereocenters. The summed E-state index contributed by atoms with van der Waals surface area (Å²) in [6, 6.07) is 0. The van der Waals surface area contributed by atoms with E-state index in [-0.39, 0.29) is 6.61 Å². The second kappa shape index (κ2) is 4.95. The summed E-state index contributed by atoms with van der Waals surface area (Å²) in [6.45, 7) is 9.77. The highest BCUT2D eigenvalue weighted by atomic mass is 16.3. The van der Waals surface area contributed by atoms with E-state index in [1.807, 2.05) is 13.8 Å². The van der Waals surface area contributed by atoms with Gasteiger partial charge in [-0.2, -0.15) is 0 Å². The van der Waals surface area contributed by atoms with Gasteiger partial charge in [0.05, 0.1) is 6.61 Å². The monoisotopic (exact) mass is 152 g/mol. The van der Waals surface area contributed by atoms with Crippen LogP contribution in [0.15, 0.2) is 29.0 Å². The van der Waals surface area contributed by atoms with Gasteiger partial charge in [0.1, 0.15) is 0 Å². The molecule has 0 bridgehead atoms. The highest BCUT2D eigenvalue weighted by Gasteiger charge is 1.92. The number of allylic oxidation sites excluding steroid dienone is 1. The smallest absolute Gasteiger partial charge is 0.0713 e. The van der Waals surface area contributed by atoms with E-state index in [1.54, 1.807) is 0 Å². The minimum Gasteiger partial charge on any atom is -0.391 e. The van der Waals surface area contributed by atoms with Crippen molar-refractivity contribution in [2.45, 2.75) is 27.2 Å². The van der Waals surface area contributed by atoms with E-state index in [0.29, 0.717) is 0 Å². The molecule has 0 saturated heterocycles. The summed E-state index contributed by atoms with van der Waals surface area (Å²) in [5.74, 6) is 0. The van der Waals surface area contributed by atoms with Crippen molar-refractivity contribution in [3.05, 3.63) is 29.0 Å². The molecular weight excluding hydrogens is 136 g/mol. The Morgan fingerprint density at radius 3 is 2.27 bits per heavy atom. The highest BCUT2D eigenvalue weighted by molar-refractivity contribution is 5.26. The summed E-state index contributed by atoms with van der Waals surface area (Å²) < 4.78 is 0. The van der Waals surface area contributed by atoms with Crippen LogP contribution >= 0.6 is 0 Å². The third-order valence-corrected chi connectivity index (χ3v) is 1.47. The maximum absolute atomic E-state index is 8.72. The standard InChI is InChI=1S/C10H16O/c1-5-10(8(2)3)6-9(4)7-11/h11H,2,5,7H2,1,3-4H3. The first kappa shape index (κ1) is 10.2. The first-order valence-corrected chi connectivity index (χ1v) is 3.83. The molecule has 0 amide bonds. The van der Waals surface area contributed by atoms with Crippen molar-refractivity contribution in [2.24, 2.45) is 0 Å². The summed E-state index contributed by atoms with van der Waals surface area (Å²) in [4.78, 5) is 0. The lowest BCUT2D eigenvalue weighted by atomic mass is 10.1. The van der Waals surface area contributed by atoms with E-state index in [1.165, 1.54) is 0 Å². The molecule has 0 fully saturated rings. The van der Waals surface area contributed by atoms with Crippen molar-refractivity contribution in [1.29, 1.82) is 0 Å². The van der Waals surface area contributed by atoms with Crippen molar-refractivity contribution in [3.8, 4) is 0 Å². The van der Waals surface area contributed by atoms with E-state index >= 15 is 0 Å². The lowest BCUT2D eigenvalue weighted by Gasteiger charge is -1.98. The summed E-state index contributed by atoms with van der Waals surface area (Å²) in [6.07, 6.45) is 0.923. The zero-order valence-electron chi connectivity index (χ0n) is 7.57. The molecule has 0 heterocycles. The van der Waals surface area contributed by atoms with Crippen LogP contribution in [0.4, 0.5) is 0 Å². The van der Waals surface area contributed by atoms with Crippen LogP contribution in [0.25, 0.3) is 0 Å². The second-order valence-electron chi connectivity index (χ2n) is 2.68. The Balaban J connectivity index is 4.73. The normalized spacial score (nSPS) is 8.73. The molecule has 62 valence electrons. The lowest BCUT2D eigenvalue weighted by Crippen LogP contribution is -1.84. The first-order valence-electron chi connectivity index (χ1n) is 3.83. The van der Waals surface area contributed by atoms with E-state index in [2.05, 4.69) is 19.2 Å². The number of rotatable bonds is 3. The minimum atomic E-state index is 0.0801. The molecule has 0 aromatic heterocycles. The van der Waals surface area contributed by atoms with Crippen molar-refractivity contribution in [2.75, 3.05) is 6.61 Å². The Bertz CT molecular complexity index is 205. The van der Waals surface area contributed by atoms with Crippen molar-refractivity contribution < 1.29 is 5.11 Å². The predicted molar refractivity (Wildman–Crippen MR) is 48.4 cm³/mol. The lowest BCUT2D eigenvalue weighted by molar-refractivity contribution is 0.331. The molecule has 0 radical (unpaired) electrons. The Morgan fingerprint density at radius 2 is 2.00 bits per heavy atom. The molecule has 0 aliphatic carbocycles. The van der Waals surface area contributed by atoms with E-state index in [0.717, 1.165) is 23.1 Å². The zero-order valence-corrected chi connectivity index (χ0v) is 7.57. The van der Waals surface area contributed by atoms with Gasteiger partial charge in [-0.25, -0.2) is 0 Å². The third-order valence-electron chi connectivity index (χ3n) is 1.47. The van der Waals surface area contributed by atoms with E-state index < -0.39 is 0 Å². The van der Waals surface area contributed by atoms with Gasteiger partial charge in [0, 0.05) is 0 Å². The van der Waals surface area contributed by atoms with Gasteiger partial charge in [0.15, 0.2) is 0 Å². The number of aliphatic hydroxyl groups is 1. The molecular formula is C10H16O. The maximum Gasteiger partial charge on any atom is 0.0713 e. The third kappa shape index (κ3) is 3.82. The molecule has 0 aliphatic rings. The average Bonchev–Trinajstić information content (AvgIpc) is 1.99. The van der Waals surface area contributed by atoms with Gasteiger partial charge in [0.2, 0.25) is 0 Å². The van der Waals surface area contributed by atoms with E-state index in [9.17, 15) is 0 Å². The molecule has 0 aromatic rings. The quantitative estimate of drug-likeness (QED) is 0.486. The molecule has 0 saturated carbocycles. The fourth-order valence-corrected chi connectivity index (χ4v) is 0.794. The summed E-state index contributed by atoms with van der Waals surface area (Å²) in [5, 5.41) is 8.72. The van der Waals surface area contributed by atoms with Crippen LogP contribution in [0.1, 0.15) is 27.2 Å². The Hall–Kier alpha value is -0.780. The Kier molecular flexibility index (Phi) is 4.60. The number of aliphatic hydroxyl groups excluding tert-OH is 1. The minimum absolute atomic E-state index is 0.0801. The second-order valence-corrected chi connectivity index (χ2v) is 2.68.